The third-order valence-electron chi connectivity index (χ3n) is 5.61. The van der Waals surface area contributed by atoms with E-state index in [4.69, 9.17) is 23.2 Å². The number of hydrogen-bond acceptors (Lipinski definition) is 4. The van der Waals surface area contributed by atoms with Crippen molar-refractivity contribution in [2.75, 3.05) is 26.2 Å². The van der Waals surface area contributed by atoms with Crippen molar-refractivity contribution < 1.29 is 4.79 Å². The highest BCUT2D eigenvalue weighted by Gasteiger charge is 2.39. The van der Waals surface area contributed by atoms with Crippen molar-refractivity contribution in [1.82, 2.24) is 20.2 Å². The number of nitrogens with zero attached hydrogens (tertiary/aromatic N) is 3. The molecule has 1 N–H and O–H groups in total. The van der Waals surface area contributed by atoms with Crippen LogP contribution in [0.3, 0.4) is 0 Å². The Bertz CT molecular complexity index is 820. The predicted octanol–water partition coefficient (Wildman–Crippen LogP) is 3.67. The lowest BCUT2D eigenvalue weighted by Gasteiger charge is -2.48. The van der Waals surface area contributed by atoms with E-state index in [-0.39, 0.29) is 11.3 Å². The van der Waals surface area contributed by atoms with Crippen molar-refractivity contribution in [2.24, 2.45) is 5.41 Å². The van der Waals surface area contributed by atoms with Gasteiger partial charge in [0.2, 0.25) is 0 Å². The molecule has 7 heteroatoms. The van der Waals surface area contributed by atoms with Gasteiger partial charge in [0.1, 0.15) is 12.0 Å². The number of fused-ring (bicyclic) bond motifs is 3. The zero-order valence-electron chi connectivity index (χ0n) is 14.3. The summed E-state index contributed by atoms with van der Waals surface area (Å²) < 4.78 is 0. The van der Waals surface area contributed by atoms with Crippen LogP contribution in [0.5, 0.6) is 0 Å². The molecule has 136 valence electrons. The van der Waals surface area contributed by atoms with Crippen molar-refractivity contribution >= 4 is 29.1 Å². The van der Waals surface area contributed by atoms with Crippen LogP contribution in [0.25, 0.3) is 11.3 Å². The second-order valence-corrected chi connectivity index (χ2v) is 8.01. The van der Waals surface area contributed by atoms with E-state index < -0.39 is 0 Å². The average molecular weight is 391 g/mol. The molecule has 0 aliphatic carbocycles. The van der Waals surface area contributed by atoms with Crippen LogP contribution in [0, 0.1) is 5.41 Å². The van der Waals surface area contributed by atoms with Gasteiger partial charge in [-0.25, -0.2) is 9.97 Å². The first kappa shape index (κ1) is 17.7. The summed E-state index contributed by atoms with van der Waals surface area (Å²) in [5.74, 6) is -0.156. The minimum absolute atomic E-state index is 0.156. The first-order chi connectivity index (χ1) is 12.5. The molecular weight excluding hydrogens is 371 g/mol. The van der Waals surface area contributed by atoms with Gasteiger partial charge >= 0.3 is 0 Å². The molecule has 4 heterocycles. The fourth-order valence-electron chi connectivity index (χ4n) is 3.81. The zero-order valence-corrected chi connectivity index (χ0v) is 15.9. The highest BCUT2D eigenvalue weighted by molar-refractivity contribution is 6.42. The number of benzene rings is 1. The second-order valence-electron chi connectivity index (χ2n) is 7.19. The van der Waals surface area contributed by atoms with Crippen LogP contribution in [0.1, 0.15) is 29.8 Å². The monoisotopic (exact) mass is 390 g/mol. The molecule has 0 saturated carbocycles. The molecule has 0 atom stereocenters. The first-order valence-electron chi connectivity index (χ1n) is 8.83. The van der Waals surface area contributed by atoms with E-state index in [0.29, 0.717) is 28.0 Å². The minimum atomic E-state index is -0.156. The Labute approximate surface area is 162 Å². The van der Waals surface area contributed by atoms with E-state index in [0.717, 1.165) is 44.5 Å². The number of rotatable bonds is 4. The molecule has 26 heavy (non-hydrogen) atoms. The van der Waals surface area contributed by atoms with Crippen LogP contribution in [0.2, 0.25) is 10.0 Å². The summed E-state index contributed by atoms with van der Waals surface area (Å²) in [6.07, 6.45) is 4.88. The van der Waals surface area contributed by atoms with Crippen molar-refractivity contribution in [3.8, 4) is 11.3 Å². The average Bonchev–Trinajstić information content (AvgIpc) is 2.70. The summed E-state index contributed by atoms with van der Waals surface area (Å²) in [6, 6.07) is 6.97. The van der Waals surface area contributed by atoms with Gasteiger partial charge < -0.3 is 10.2 Å². The first-order valence-corrected chi connectivity index (χ1v) is 9.58. The lowest BCUT2D eigenvalue weighted by Crippen LogP contribution is -2.52. The van der Waals surface area contributed by atoms with Crippen LogP contribution in [-0.2, 0) is 0 Å². The summed E-state index contributed by atoms with van der Waals surface area (Å²) in [6.45, 7) is 4.15. The van der Waals surface area contributed by atoms with Crippen LogP contribution in [0.4, 0.5) is 0 Å². The Balaban J connectivity index is 1.47. The van der Waals surface area contributed by atoms with E-state index >= 15 is 0 Å². The summed E-state index contributed by atoms with van der Waals surface area (Å²) >= 11 is 12.0. The van der Waals surface area contributed by atoms with Crippen LogP contribution in [-0.4, -0.2) is 47.0 Å². The maximum absolute atomic E-state index is 12.6. The van der Waals surface area contributed by atoms with Crippen molar-refractivity contribution in [1.29, 1.82) is 0 Å². The lowest BCUT2D eigenvalue weighted by atomic mass is 9.72. The molecule has 3 saturated heterocycles. The smallest absolute Gasteiger partial charge is 0.270 e. The molecule has 1 aromatic carbocycles. The topological polar surface area (TPSA) is 58.1 Å². The highest BCUT2D eigenvalue weighted by Crippen LogP contribution is 2.39. The number of piperidine rings is 3. The van der Waals surface area contributed by atoms with Crippen molar-refractivity contribution in [3.63, 3.8) is 0 Å². The molecule has 2 aromatic rings. The molecule has 5 rings (SSSR count). The van der Waals surface area contributed by atoms with Gasteiger partial charge in [-0.3, -0.25) is 4.79 Å². The van der Waals surface area contributed by atoms with Gasteiger partial charge in [0, 0.05) is 12.1 Å². The largest absolute Gasteiger partial charge is 0.350 e. The normalized spacial score (nSPS) is 24.5. The minimum Gasteiger partial charge on any atom is -0.350 e. The SMILES string of the molecule is O=C(NCC12CCN(CC1)CC2)c1cc(-c2ccc(Cl)c(Cl)c2)ncn1. The van der Waals surface area contributed by atoms with Gasteiger partial charge in [-0.2, -0.15) is 0 Å². The molecule has 2 bridgehead atoms. The van der Waals surface area contributed by atoms with Gasteiger partial charge in [-0.1, -0.05) is 29.3 Å². The number of nitrogens with one attached hydrogen (secondary N) is 1. The van der Waals surface area contributed by atoms with E-state index in [2.05, 4.69) is 20.2 Å². The summed E-state index contributed by atoms with van der Waals surface area (Å²) in [5, 5.41) is 4.03. The van der Waals surface area contributed by atoms with Crippen LogP contribution in [0.15, 0.2) is 30.6 Å². The summed E-state index contributed by atoms with van der Waals surface area (Å²) in [4.78, 5) is 23.5. The van der Waals surface area contributed by atoms with Crippen LogP contribution < -0.4 is 5.32 Å². The number of carbonyl (C=O) groups is 1. The maximum Gasteiger partial charge on any atom is 0.270 e. The zero-order chi connectivity index (χ0) is 18.1. The van der Waals surface area contributed by atoms with E-state index in [1.54, 1.807) is 18.2 Å². The third kappa shape index (κ3) is 3.56. The Morgan fingerprint density at radius 2 is 1.81 bits per heavy atom. The third-order valence-corrected chi connectivity index (χ3v) is 6.35. The van der Waals surface area contributed by atoms with Gasteiger partial charge in [0.15, 0.2) is 0 Å². The Morgan fingerprint density at radius 1 is 1.08 bits per heavy atom. The predicted molar refractivity (Wildman–Crippen MR) is 103 cm³/mol. The highest BCUT2D eigenvalue weighted by atomic mass is 35.5. The quantitative estimate of drug-likeness (QED) is 0.864. The fourth-order valence-corrected chi connectivity index (χ4v) is 4.11. The fraction of sp³-hybridized carbons (Fsp3) is 0.421. The molecule has 0 spiro atoms. The molecule has 0 radical (unpaired) electrons. The van der Waals surface area contributed by atoms with E-state index in [1.165, 1.54) is 6.33 Å². The lowest BCUT2D eigenvalue weighted by molar-refractivity contribution is 0.0261. The number of carbonyl (C=O) groups excluding carboxylic acids is 1. The van der Waals surface area contributed by atoms with E-state index in [9.17, 15) is 4.79 Å². The van der Waals surface area contributed by atoms with Gasteiger partial charge in [0.05, 0.1) is 15.7 Å². The summed E-state index contributed by atoms with van der Waals surface area (Å²) in [5.41, 5.74) is 2.07. The molecule has 3 fully saturated rings. The Kier molecular flexibility index (Phi) is 4.86. The molecule has 1 amide bonds. The molecule has 5 nitrogen and oxygen atoms in total. The molecule has 0 unspecified atom stereocenters. The molecule has 3 aliphatic heterocycles. The number of halogens is 2. The molecular formula is C19H20Cl2N4O. The number of aromatic nitrogens is 2. The second kappa shape index (κ2) is 7.14. The number of hydrogen-bond donors (Lipinski definition) is 1. The van der Waals surface area contributed by atoms with Crippen LogP contribution >= 0.6 is 23.2 Å². The standard InChI is InChI=1S/C19H20Cl2N4O/c20-14-2-1-13(9-15(14)21)16-10-17(24-12-23-16)18(26)22-11-19-3-6-25(7-4-19)8-5-19/h1-2,9-10,12H,3-8,11H2,(H,22,26). The van der Waals surface area contributed by atoms with E-state index in [1.807, 2.05) is 6.07 Å². The molecule has 1 aromatic heterocycles. The van der Waals surface area contributed by atoms with Gasteiger partial charge in [0.25, 0.3) is 5.91 Å². The van der Waals surface area contributed by atoms with Gasteiger partial charge in [-0.15, -0.1) is 0 Å². The Hall–Kier alpha value is -1.69. The van der Waals surface area contributed by atoms with Crippen molar-refractivity contribution in [2.45, 2.75) is 19.3 Å². The van der Waals surface area contributed by atoms with Gasteiger partial charge in [-0.05, 0) is 62.5 Å². The summed E-state index contributed by atoms with van der Waals surface area (Å²) in [7, 11) is 0. The number of amides is 1. The molecule has 3 aliphatic rings. The Morgan fingerprint density at radius 3 is 2.50 bits per heavy atom. The van der Waals surface area contributed by atoms with Crippen molar-refractivity contribution in [3.05, 3.63) is 46.3 Å². The maximum atomic E-state index is 12.6.